The van der Waals surface area contributed by atoms with Gasteiger partial charge in [0.1, 0.15) is 11.6 Å². The predicted molar refractivity (Wildman–Crippen MR) is 114 cm³/mol. The summed E-state index contributed by atoms with van der Waals surface area (Å²) >= 11 is 0. The van der Waals surface area contributed by atoms with Gasteiger partial charge in [-0.3, -0.25) is 4.98 Å². The fraction of sp³-hybridized carbons (Fsp3) is 0.240. The van der Waals surface area contributed by atoms with Gasteiger partial charge in [0.2, 0.25) is 0 Å². The molecule has 0 amide bonds. The number of hydrogen-bond acceptors (Lipinski definition) is 2. The fourth-order valence-corrected chi connectivity index (χ4v) is 3.15. The summed E-state index contributed by atoms with van der Waals surface area (Å²) in [5.74, 6) is 0.567. The zero-order valence-corrected chi connectivity index (χ0v) is 16.5. The summed E-state index contributed by atoms with van der Waals surface area (Å²) in [7, 11) is 0. The zero-order valence-electron chi connectivity index (χ0n) is 16.5. The van der Waals surface area contributed by atoms with Crippen LogP contribution in [0.3, 0.4) is 0 Å². The number of pyridine rings is 1. The summed E-state index contributed by atoms with van der Waals surface area (Å²) in [6.07, 6.45) is 4.16. The molecule has 0 aliphatic heterocycles. The lowest BCUT2D eigenvalue weighted by Crippen LogP contribution is -2.00. The average Bonchev–Trinajstić information content (AvgIpc) is 2.74. The highest BCUT2D eigenvalue weighted by molar-refractivity contribution is 5.70. The molecule has 0 aliphatic carbocycles. The second-order valence-corrected chi connectivity index (χ2v) is 6.76. The highest BCUT2D eigenvalue weighted by Crippen LogP contribution is 2.28. The van der Waals surface area contributed by atoms with Crippen LogP contribution in [0.15, 0.2) is 67.4 Å². The molecular formula is C25H26FNO. The Morgan fingerprint density at radius 3 is 2.50 bits per heavy atom. The highest BCUT2D eigenvalue weighted by atomic mass is 19.1. The van der Waals surface area contributed by atoms with E-state index in [1.54, 1.807) is 18.3 Å². The molecule has 0 saturated heterocycles. The number of benzene rings is 2. The Morgan fingerprint density at radius 2 is 1.82 bits per heavy atom. The second-order valence-electron chi connectivity index (χ2n) is 6.76. The number of ether oxygens (including phenoxy) is 1. The number of hydrogen-bond donors (Lipinski definition) is 0. The molecule has 0 atom stereocenters. The largest absolute Gasteiger partial charge is 0.493 e. The van der Waals surface area contributed by atoms with Gasteiger partial charge in [-0.1, -0.05) is 44.7 Å². The van der Waals surface area contributed by atoms with Crippen LogP contribution in [0.5, 0.6) is 5.75 Å². The van der Waals surface area contributed by atoms with Gasteiger partial charge in [0, 0.05) is 18.2 Å². The molecule has 1 heterocycles. The predicted octanol–water partition coefficient (Wildman–Crippen LogP) is 6.49. The lowest BCUT2D eigenvalue weighted by molar-refractivity contribution is 0.327. The summed E-state index contributed by atoms with van der Waals surface area (Å²) in [5.41, 5.74) is 5.20. The standard InChI is InChI=1S/C25H26FNO/c1-4-19-8-11-22(12-9-19)28-16-14-18(3)21-10-13-23(24(26)17-21)25-20(5-2)7-6-15-27-25/h6-13,15,17H,3-5,14,16H2,1-2H3. The summed E-state index contributed by atoms with van der Waals surface area (Å²) in [4.78, 5) is 4.37. The van der Waals surface area contributed by atoms with E-state index in [1.807, 2.05) is 37.3 Å². The van der Waals surface area contributed by atoms with Crippen LogP contribution in [-0.4, -0.2) is 11.6 Å². The maximum atomic E-state index is 14.8. The molecule has 0 bridgehead atoms. The van der Waals surface area contributed by atoms with E-state index in [2.05, 4.69) is 30.6 Å². The molecular weight excluding hydrogens is 349 g/mol. The van der Waals surface area contributed by atoms with Crippen molar-refractivity contribution in [2.75, 3.05) is 6.61 Å². The Morgan fingerprint density at radius 1 is 1.04 bits per heavy atom. The van der Waals surface area contributed by atoms with Gasteiger partial charge in [-0.05, 0) is 65.4 Å². The van der Waals surface area contributed by atoms with E-state index in [0.29, 0.717) is 24.3 Å². The Kier molecular flexibility index (Phi) is 6.59. The first kappa shape index (κ1) is 19.8. The van der Waals surface area contributed by atoms with Gasteiger partial charge in [-0.15, -0.1) is 0 Å². The van der Waals surface area contributed by atoms with E-state index >= 15 is 0 Å². The Bertz CT molecular complexity index is 947. The molecule has 28 heavy (non-hydrogen) atoms. The SMILES string of the molecule is C=C(CCOc1ccc(CC)cc1)c1ccc(-c2ncccc2CC)c(F)c1. The first-order valence-electron chi connectivity index (χ1n) is 9.76. The molecule has 3 rings (SSSR count). The number of aryl methyl sites for hydroxylation is 2. The van der Waals surface area contributed by atoms with Crippen LogP contribution in [0.25, 0.3) is 16.8 Å². The Labute approximate surface area is 166 Å². The minimum atomic E-state index is -0.275. The van der Waals surface area contributed by atoms with Crippen molar-refractivity contribution in [3.05, 3.63) is 89.9 Å². The molecule has 0 saturated carbocycles. The molecule has 2 nitrogen and oxygen atoms in total. The van der Waals surface area contributed by atoms with Crippen molar-refractivity contribution in [3.63, 3.8) is 0 Å². The fourth-order valence-electron chi connectivity index (χ4n) is 3.15. The van der Waals surface area contributed by atoms with Crippen LogP contribution in [0, 0.1) is 5.82 Å². The third-order valence-corrected chi connectivity index (χ3v) is 4.91. The van der Waals surface area contributed by atoms with Crippen LogP contribution in [0.2, 0.25) is 0 Å². The van der Waals surface area contributed by atoms with Crippen LogP contribution in [0.4, 0.5) is 4.39 Å². The Balaban J connectivity index is 1.65. The van der Waals surface area contributed by atoms with E-state index in [4.69, 9.17) is 4.74 Å². The van der Waals surface area contributed by atoms with Crippen molar-refractivity contribution in [2.45, 2.75) is 33.1 Å². The van der Waals surface area contributed by atoms with Crippen molar-refractivity contribution >= 4 is 5.57 Å². The minimum Gasteiger partial charge on any atom is -0.493 e. The molecule has 1 aromatic heterocycles. The Hall–Kier alpha value is -2.94. The van der Waals surface area contributed by atoms with Gasteiger partial charge in [-0.2, -0.15) is 0 Å². The monoisotopic (exact) mass is 375 g/mol. The molecule has 0 radical (unpaired) electrons. The summed E-state index contributed by atoms with van der Waals surface area (Å²) in [6.45, 7) is 8.78. The van der Waals surface area contributed by atoms with Crippen LogP contribution >= 0.6 is 0 Å². The van der Waals surface area contributed by atoms with Gasteiger partial charge >= 0.3 is 0 Å². The lowest BCUT2D eigenvalue weighted by atomic mass is 9.99. The number of nitrogens with zero attached hydrogens (tertiary/aromatic N) is 1. The molecule has 0 aliphatic rings. The molecule has 0 fully saturated rings. The van der Waals surface area contributed by atoms with Gasteiger partial charge in [0.05, 0.1) is 12.3 Å². The third kappa shape index (κ3) is 4.66. The van der Waals surface area contributed by atoms with E-state index in [0.717, 1.165) is 35.3 Å². The minimum absolute atomic E-state index is 0.275. The number of aromatic nitrogens is 1. The zero-order chi connectivity index (χ0) is 19.9. The van der Waals surface area contributed by atoms with Crippen molar-refractivity contribution in [1.82, 2.24) is 4.98 Å². The van der Waals surface area contributed by atoms with E-state index in [9.17, 15) is 4.39 Å². The summed E-state index contributed by atoms with van der Waals surface area (Å²) in [6, 6.07) is 17.2. The normalized spacial score (nSPS) is 10.7. The van der Waals surface area contributed by atoms with Crippen molar-refractivity contribution < 1.29 is 9.13 Å². The smallest absolute Gasteiger partial charge is 0.133 e. The summed E-state index contributed by atoms with van der Waals surface area (Å²) < 4.78 is 20.5. The average molecular weight is 375 g/mol. The quantitative estimate of drug-likeness (QED) is 0.449. The van der Waals surface area contributed by atoms with Crippen molar-refractivity contribution in [3.8, 4) is 17.0 Å². The maximum absolute atomic E-state index is 14.8. The molecule has 0 unspecified atom stereocenters. The molecule has 3 heteroatoms. The van der Waals surface area contributed by atoms with Crippen LogP contribution in [-0.2, 0) is 12.8 Å². The van der Waals surface area contributed by atoms with E-state index in [1.165, 1.54) is 5.56 Å². The number of rotatable bonds is 8. The molecule has 0 spiro atoms. The van der Waals surface area contributed by atoms with Gasteiger partial charge < -0.3 is 4.74 Å². The first-order chi connectivity index (χ1) is 13.6. The van der Waals surface area contributed by atoms with Crippen molar-refractivity contribution in [2.24, 2.45) is 0 Å². The topological polar surface area (TPSA) is 22.1 Å². The van der Waals surface area contributed by atoms with Gasteiger partial charge in [-0.25, -0.2) is 4.39 Å². The van der Waals surface area contributed by atoms with Crippen molar-refractivity contribution in [1.29, 1.82) is 0 Å². The molecule has 3 aromatic rings. The maximum Gasteiger partial charge on any atom is 0.133 e. The summed E-state index contributed by atoms with van der Waals surface area (Å²) in [5, 5.41) is 0. The van der Waals surface area contributed by atoms with Crippen LogP contribution in [0.1, 0.15) is 37.0 Å². The third-order valence-electron chi connectivity index (χ3n) is 4.91. The molecule has 144 valence electrons. The lowest BCUT2D eigenvalue weighted by Gasteiger charge is -2.12. The van der Waals surface area contributed by atoms with Gasteiger partial charge in [0.25, 0.3) is 0 Å². The van der Waals surface area contributed by atoms with E-state index in [-0.39, 0.29) is 5.82 Å². The second kappa shape index (κ2) is 9.32. The number of halogens is 1. The van der Waals surface area contributed by atoms with E-state index < -0.39 is 0 Å². The highest BCUT2D eigenvalue weighted by Gasteiger charge is 2.12. The molecule has 2 aromatic carbocycles. The van der Waals surface area contributed by atoms with Crippen LogP contribution < -0.4 is 4.74 Å². The molecule has 0 N–H and O–H groups in total. The first-order valence-corrected chi connectivity index (χ1v) is 9.76. The van der Waals surface area contributed by atoms with Gasteiger partial charge in [0.15, 0.2) is 0 Å².